The second-order valence-corrected chi connectivity index (χ2v) is 18.4. The molecular weight excluding hydrogens is 829 g/mol. The van der Waals surface area contributed by atoms with Crippen LogP contribution in [0.1, 0.15) is 98.1 Å². The number of likely N-dealkylation sites (N-methyl/N-ethyl adjacent to an activating group) is 2. The second kappa shape index (κ2) is 26.9. The molecule has 1 aliphatic rings. The summed E-state index contributed by atoms with van der Waals surface area (Å²) < 4.78 is 12.1. The van der Waals surface area contributed by atoms with Gasteiger partial charge >= 0.3 is 5.97 Å². The third-order valence-corrected chi connectivity index (χ3v) is 13.0. The molecule has 2 aromatic carbocycles. The van der Waals surface area contributed by atoms with E-state index in [1.54, 1.807) is 30.8 Å². The van der Waals surface area contributed by atoms with E-state index in [1.165, 1.54) is 14.2 Å². The summed E-state index contributed by atoms with van der Waals surface area (Å²) in [5.41, 5.74) is 1.83. The van der Waals surface area contributed by atoms with Crippen molar-refractivity contribution < 1.29 is 43.3 Å². The van der Waals surface area contributed by atoms with E-state index in [-0.39, 0.29) is 66.6 Å². The fraction of sp³-hybridized carbons (Fsp3) is 0.640. The van der Waals surface area contributed by atoms with Gasteiger partial charge in [0, 0.05) is 47.2 Å². The largest absolute Gasteiger partial charge is 0.481 e. The zero-order valence-corrected chi connectivity index (χ0v) is 40.8. The average Bonchev–Trinajstić information content (AvgIpc) is 3.76. The number of benzene rings is 2. The second-order valence-electron chi connectivity index (χ2n) is 18.4. The highest BCUT2D eigenvalue weighted by molar-refractivity contribution is 5.91. The number of ether oxygens (including phenoxy) is 2. The van der Waals surface area contributed by atoms with E-state index in [2.05, 4.69) is 16.0 Å². The quantitative estimate of drug-likeness (QED) is 0.0960. The van der Waals surface area contributed by atoms with Crippen molar-refractivity contribution in [1.82, 2.24) is 30.7 Å². The summed E-state index contributed by atoms with van der Waals surface area (Å²) in [6.45, 7) is 14.5. The monoisotopic (exact) mass is 907 g/mol. The predicted molar refractivity (Wildman–Crippen MR) is 251 cm³/mol. The van der Waals surface area contributed by atoms with Gasteiger partial charge in [0.15, 0.2) is 0 Å². The number of hydrogen-bond acceptors (Lipinski definition) is 9. The van der Waals surface area contributed by atoms with Gasteiger partial charge in [-0.25, -0.2) is 0 Å². The number of carbonyl (C=O) groups excluding carboxylic acids is 5. The molecule has 65 heavy (non-hydrogen) atoms. The van der Waals surface area contributed by atoms with Gasteiger partial charge in [-0.05, 0) is 61.7 Å². The third kappa shape index (κ3) is 15.9. The molecule has 9 atom stereocenters. The summed E-state index contributed by atoms with van der Waals surface area (Å²) in [5, 5.41) is 18.1. The minimum atomic E-state index is -0.898. The minimum Gasteiger partial charge on any atom is -0.481 e. The smallest absolute Gasteiger partial charge is 0.303 e. The number of nitrogens with one attached hydrogen (secondary N) is 3. The van der Waals surface area contributed by atoms with E-state index in [4.69, 9.17) is 14.6 Å². The van der Waals surface area contributed by atoms with E-state index >= 15 is 0 Å². The molecule has 0 saturated carbocycles. The molecule has 2 aromatic rings. The topological polar surface area (TPSA) is 187 Å². The number of carboxylic acid groups (broad SMARTS) is 1. The van der Waals surface area contributed by atoms with Crippen LogP contribution in [0.15, 0.2) is 60.7 Å². The molecular formula is C50H78N6O9. The van der Waals surface area contributed by atoms with E-state index in [9.17, 15) is 28.8 Å². The van der Waals surface area contributed by atoms with Crippen LogP contribution in [0.25, 0.3) is 0 Å². The van der Waals surface area contributed by atoms with Gasteiger partial charge in [-0.1, -0.05) is 116 Å². The van der Waals surface area contributed by atoms with Gasteiger partial charge < -0.3 is 40.3 Å². The SMILES string of the molecule is CCC(C)C(C(CC(=O)N1CCC[C@H]1C(OC)C(C)C(=O)NC(Cc1ccccc1)C(=O)NCc1ccccc1)OC)N(C)C(=O)C(NC(=O)C(C(C)C)N(C)CCCC(=O)O)C(C)C. The van der Waals surface area contributed by atoms with Crippen molar-refractivity contribution in [3.05, 3.63) is 71.8 Å². The lowest BCUT2D eigenvalue weighted by Crippen LogP contribution is -2.60. The molecule has 0 spiro atoms. The first-order chi connectivity index (χ1) is 30.9. The van der Waals surface area contributed by atoms with Gasteiger partial charge in [0.25, 0.3) is 0 Å². The van der Waals surface area contributed by atoms with Crippen LogP contribution in [-0.4, -0.2) is 139 Å². The Hall–Kier alpha value is -4.86. The van der Waals surface area contributed by atoms with Crippen molar-refractivity contribution in [2.24, 2.45) is 23.7 Å². The Labute approximate surface area is 387 Å². The van der Waals surface area contributed by atoms with E-state index in [1.807, 2.05) is 107 Å². The van der Waals surface area contributed by atoms with Crippen molar-refractivity contribution in [2.75, 3.05) is 41.4 Å². The first kappa shape index (κ1) is 54.5. The highest BCUT2D eigenvalue weighted by Gasteiger charge is 2.43. The summed E-state index contributed by atoms with van der Waals surface area (Å²) in [6, 6.07) is 15.8. The predicted octanol–water partition coefficient (Wildman–Crippen LogP) is 4.91. The van der Waals surface area contributed by atoms with E-state index in [0.29, 0.717) is 45.3 Å². The zero-order valence-electron chi connectivity index (χ0n) is 40.8. The number of carboxylic acids is 1. The normalized spacial score (nSPS) is 17.7. The number of methoxy groups -OCH3 is 2. The van der Waals surface area contributed by atoms with Crippen molar-refractivity contribution in [2.45, 2.75) is 142 Å². The molecule has 1 fully saturated rings. The number of likely N-dealkylation sites (tertiary alicyclic amines) is 1. The Morgan fingerprint density at radius 3 is 1.97 bits per heavy atom. The molecule has 0 aliphatic carbocycles. The van der Waals surface area contributed by atoms with Crippen LogP contribution in [0.5, 0.6) is 0 Å². The first-order valence-corrected chi connectivity index (χ1v) is 23.4. The maximum atomic E-state index is 14.5. The standard InChI is InChI=1S/C50H78N6O9/c1-12-34(6)45(55(9)50(63)43(32(2)3)53-49(62)44(33(4)5)54(8)27-20-26-42(58)59)40(64-10)30-41(57)56-28-19-25-39(56)46(65-11)35(7)47(60)52-38(29-36-21-15-13-16-22-36)48(61)51-31-37-23-17-14-18-24-37/h13-18,21-24,32-35,38-40,43-46H,12,19-20,25-31H2,1-11H3,(H,51,61)(H,52,60)(H,53,62)(H,58,59)/t34?,35?,38?,39-,40?,43?,44?,45?,46?/m0/s1. The lowest BCUT2D eigenvalue weighted by atomic mass is 9.89. The summed E-state index contributed by atoms with van der Waals surface area (Å²) >= 11 is 0. The molecule has 3 rings (SSSR count). The van der Waals surface area contributed by atoms with Gasteiger partial charge in [-0.3, -0.25) is 33.7 Å². The number of hydrogen-bond donors (Lipinski definition) is 4. The van der Waals surface area contributed by atoms with Crippen LogP contribution in [-0.2, 0) is 51.2 Å². The van der Waals surface area contributed by atoms with E-state index in [0.717, 1.165) is 11.1 Å². The fourth-order valence-electron chi connectivity index (χ4n) is 9.18. The maximum Gasteiger partial charge on any atom is 0.303 e. The Bertz CT molecular complexity index is 1810. The van der Waals surface area contributed by atoms with Gasteiger partial charge in [0.1, 0.15) is 12.1 Å². The van der Waals surface area contributed by atoms with Crippen LogP contribution < -0.4 is 16.0 Å². The van der Waals surface area contributed by atoms with Crippen LogP contribution in [0.2, 0.25) is 0 Å². The van der Waals surface area contributed by atoms with Crippen molar-refractivity contribution in [1.29, 1.82) is 0 Å². The number of nitrogens with zero attached hydrogens (tertiary/aromatic N) is 3. The molecule has 1 aliphatic heterocycles. The molecule has 362 valence electrons. The van der Waals surface area contributed by atoms with Crippen LogP contribution in [0, 0.1) is 23.7 Å². The molecule has 0 aromatic heterocycles. The average molecular weight is 907 g/mol. The summed E-state index contributed by atoms with van der Waals surface area (Å²) in [6.07, 6.45) is 1.25. The zero-order chi connectivity index (χ0) is 48.4. The Morgan fingerprint density at radius 2 is 1.43 bits per heavy atom. The number of aliphatic carboxylic acids is 1. The molecule has 1 saturated heterocycles. The highest BCUT2D eigenvalue weighted by Crippen LogP contribution is 2.30. The van der Waals surface area contributed by atoms with Crippen molar-refractivity contribution in [3.8, 4) is 0 Å². The number of rotatable bonds is 27. The minimum absolute atomic E-state index is 0.00998. The highest BCUT2D eigenvalue weighted by atomic mass is 16.5. The molecule has 15 heteroatoms. The fourth-order valence-corrected chi connectivity index (χ4v) is 9.18. The summed E-state index contributed by atoms with van der Waals surface area (Å²) in [7, 11) is 6.55. The van der Waals surface area contributed by atoms with Gasteiger partial charge in [-0.2, -0.15) is 0 Å². The molecule has 4 N–H and O–H groups in total. The number of carbonyl (C=O) groups is 6. The van der Waals surface area contributed by atoms with Crippen LogP contribution >= 0.6 is 0 Å². The molecule has 0 bridgehead atoms. The molecule has 5 amide bonds. The summed E-state index contributed by atoms with van der Waals surface area (Å²) in [5.74, 6) is -3.58. The van der Waals surface area contributed by atoms with Gasteiger partial charge in [-0.15, -0.1) is 0 Å². The Kier molecular flexibility index (Phi) is 22.6. The molecule has 0 radical (unpaired) electrons. The first-order valence-electron chi connectivity index (χ1n) is 23.4. The van der Waals surface area contributed by atoms with Gasteiger partial charge in [0.05, 0.1) is 42.7 Å². The van der Waals surface area contributed by atoms with Crippen LogP contribution in [0.4, 0.5) is 0 Å². The van der Waals surface area contributed by atoms with E-state index < -0.39 is 54.3 Å². The maximum absolute atomic E-state index is 14.5. The van der Waals surface area contributed by atoms with Crippen LogP contribution in [0.3, 0.4) is 0 Å². The van der Waals surface area contributed by atoms with Gasteiger partial charge in [0.2, 0.25) is 29.5 Å². The Morgan fingerprint density at radius 1 is 0.815 bits per heavy atom. The Balaban J connectivity index is 1.79. The summed E-state index contributed by atoms with van der Waals surface area (Å²) in [4.78, 5) is 86.9. The third-order valence-electron chi connectivity index (χ3n) is 13.0. The molecule has 15 nitrogen and oxygen atoms in total. The lowest BCUT2D eigenvalue weighted by Gasteiger charge is -2.41. The lowest BCUT2D eigenvalue weighted by molar-refractivity contribution is -0.148. The molecule has 8 unspecified atom stereocenters. The van der Waals surface area contributed by atoms with Crippen molar-refractivity contribution >= 4 is 35.5 Å². The molecule has 1 heterocycles. The van der Waals surface area contributed by atoms with Crippen molar-refractivity contribution in [3.63, 3.8) is 0 Å². The number of amides is 5.